The number of alkyl halides is 1. The van der Waals surface area contributed by atoms with Crippen molar-refractivity contribution in [3.8, 4) is 0 Å². The molecule has 2 rings (SSSR count). The highest BCUT2D eigenvalue weighted by molar-refractivity contribution is 7.03. The SMILES string of the molecule is C[C@@H](c1csnn1)N1CCC[C@](C)(F)C1. The number of piperidine rings is 1. The molecule has 1 aliphatic rings. The van der Waals surface area contributed by atoms with Crippen LogP contribution in [0.4, 0.5) is 4.39 Å². The quantitative estimate of drug-likeness (QED) is 0.780. The lowest BCUT2D eigenvalue weighted by molar-refractivity contribution is 0.0380. The van der Waals surface area contributed by atoms with Gasteiger partial charge in [0.1, 0.15) is 5.67 Å². The van der Waals surface area contributed by atoms with Crippen LogP contribution in [0.15, 0.2) is 5.38 Å². The van der Waals surface area contributed by atoms with Gasteiger partial charge in [0.15, 0.2) is 0 Å². The summed E-state index contributed by atoms with van der Waals surface area (Å²) in [6.07, 6.45) is 1.60. The fourth-order valence-corrected chi connectivity index (χ4v) is 2.64. The molecule has 0 amide bonds. The Morgan fingerprint density at radius 1 is 1.67 bits per heavy atom. The van der Waals surface area contributed by atoms with Crippen molar-refractivity contribution in [2.75, 3.05) is 13.1 Å². The van der Waals surface area contributed by atoms with Crippen LogP contribution in [0.25, 0.3) is 0 Å². The van der Waals surface area contributed by atoms with E-state index in [4.69, 9.17) is 0 Å². The van der Waals surface area contributed by atoms with Gasteiger partial charge in [0.05, 0.1) is 11.7 Å². The second-order valence-electron chi connectivity index (χ2n) is 4.49. The van der Waals surface area contributed by atoms with Gasteiger partial charge in [0.2, 0.25) is 0 Å². The molecule has 0 N–H and O–H groups in total. The number of likely N-dealkylation sites (tertiary alicyclic amines) is 1. The standard InChI is InChI=1S/C10H16FN3S/c1-8(9-6-15-13-12-9)14-5-3-4-10(2,11)7-14/h6,8H,3-5,7H2,1-2H3/t8-,10-/m0/s1. The van der Waals surface area contributed by atoms with Crippen molar-refractivity contribution in [1.82, 2.24) is 14.5 Å². The van der Waals surface area contributed by atoms with Gasteiger partial charge in [0.25, 0.3) is 0 Å². The topological polar surface area (TPSA) is 29.0 Å². The van der Waals surface area contributed by atoms with E-state index in [1.165, 1.54) is 11.5 Å². The van der Waals surface area contributed by atoms with Gasteiger partial charge in [-0.2, -0.15) is 0 Å². The molecule has 0 bridgehead atoms. The molecular formula is C10H16FN3S. The van der Waals surface area contributed by atoms with Crippen LogP contribution in [-0.4, -0.2) is 33.2 Å². The highest BCUT2D eigenvalue weighted by Gasteiger charge is 2.33. The Hall–Kier alpha value is -0.550. The van der Waals surface area contributed by atoms with Crippen LogP contribution in [-0.2, 0) is 0 Å². The summed E-state index contributed by atoms with van der Waals surface area (Å²) in [5, 5.41) is 5.98. The van der Waals surface area contributed by atoms with Crippen LogP contribution in [0.3, 0.4) is 0 Å². The molecular weight excluding hydrogens is 213 g/mol. The lowest BCUT2D eigenvalue weighted by Crippen LogP contribution is -2.44. The monoisotopic (exact) mass is 229 g/mol. The summed E-state index contributed by atoms with van der Waals surface area (Å²) in [6.45, 7) is 5.22. The van der Waals surface area contributed by atoms with Crippen LogP contribution in [0, 0.1) is 0 Å². The second kappa shape index (κ2) is 4.14. The van der Waals surface area contributed by atoms with Crippen molar-refractivity contribution < 1.29 is 4.39 Å². The predicted octanol–water partition coefficient (Wildman–Crippen LogP) is 2.42. The van der Waals surface area contributed by atoms with Crippen molar-refractivity contribution >= 4 is 11.5 Å². The highest BCUT2D eigenvalue weighted by atomic mass is 32.1. The fourth-order valence-electron chi connectivity index (χ4n) is 2.10. The summed E-state index contributed by atoms with van der Waals surface area (Å²) >= 11 is 1.35. The molecule has 2 atom stereocenters. The Morgan fingerprint density at radius 3 is 3.07 bits per heavy atom. The molecule has 2 heterocycles. The highest BCUT2D eigenvalue weighted by Crippen LogP contribution is 2.30. The Balaban J connectivity index is 2.04. The van der Waals surface area contributed by atoms with Crippen molar-refractivity contribution in [3.63, 3.8) is 0 Å². The summed E-state index contributed by atoms with van der Waals surface area (Å²) in [7, 11) is 0. The van der Waals surface area contributed by atoms with E-state index < -0.39 is 5.67 Å². The van der Waals surface area contributed by atoms with Gasteiger partial charge in [-0.25, -0.2) is 4.39 Å². The first kappa shape index (κ1) is 11.0. The number of hydrogen-bond donors (Lipinski definition) is 0. The zero-order valence-electron chi connectivity index (χ0n) is 9.11. The first-order chi connectivity index (χ1) is 7.08. The number of halogens is 1. The normalized spacial score (nSPS) is 30.3. The molecule has 1 fully saturated rings. The maximum atomic E-state index is 13.8. The summed E-state index contributed by atoms with van der Waals surface area (Å²) < 4.78 is 17.7. The van der Waals surface area contributed by atoms with Crippen molar-refractivity contribution in [2.45, 2.75) is 38.4 Å². The Kier molecular flexibility index (Phi) is 3.02. The Labute approximate surface area is 93.5 Å². The van der Waals surface area contributed by atoms with Gasteiger partial charge in [-0.1, -0.05) is 4.49 Å². The summed E-state index contributed by atoms with van der Waals surface area (Å²) in [4.78, 5) is 2.15. The molecule has 0 unspecified atom stereocenters. The largest absolute Gasteiger partial charge is 0.292 e. The zero-order chi connectivity index (χ0) is 10.9. The molecule has 0 saturated carbocycles. The predicted molar refractivity (Wildman–Crippen MR) is 58.6 cm³/mol. The molecule has 84 valence electrons. The van der Waals surface area contributed by atoms with Gasteiger partial charge in [-0.05, 0) is 44.8 Å². The lowest BCUT2D eigenvalue weighted by Gasteiger charge is -2.38. The van der Waals surface area contributed by atoms with E-state index in [0.29, 0.717) is 13.0 Å². The van der Waals surface area contributed by atoms with Crippen molar-refractivity contribution in [3.05, 3.63) is 11.1 Å². The van der Waals surface area contributed by atoms with Crippen LogP contribution >= 0.6 is 11.5 Å². The zero-order valence-corrected chi connectivity index (χ0v) is 9.93. The first-order valence-corrected chi connectivity index (χ1v) is 6.12. The average molecular weight is 229 g/mol. The minimum atomic E-state index is -1.05. The van der Waals surface area contributed by atoms with Crippen LogP contribution in [0.5, 0.6) is 0 Å². The third kappa shape index (κ3) is 2.52. The summed E-state index contributed by atoms with van der Waals surface area (Å²) in [5.41, 5.74) is -0.0895. The second-order valence-corrected chi connectivity index (χ2v) is 5.10. The van der Waals surface area contributed by atoms with E-state index in [1.807, 2.05) is 5.38 Å². The van der Waals surface area contributed by atoms with Crippen LogP contribution in [0.1, 0.15) is 38.4 Å². The Bertz CT molecular complexity index is 312. The van der Waals surface area contributed by atoms with E-state index >= 15 is 0 Å². The maximum absolute atomic E-state index is 13.8. The first-order valence-electron chi connectivity index (χ1n) is 5.28. The molecule has 0 aliphatic carbocycles. The molecule has 15 heavy (non-hydrogen) atoms. The minimum absolute atomic E-state index is 0.180. The molecule has 3 nitrogen and oxygen atoms in total. The number of rotatable bonds is 2. The van der Waals surface area contributed by atoms with Gasteiger partial charge in [0, 0.05) is 11.9 Å². The minimum Gasteiger partial charge on any atom is -0.292 e. The van der Waals surface area contributed by atoms with Crippen LogP contribution < -0.4 is 0 Å². The van der Waals surface area contributed by atoms with E-state index in [-0.39, 0.29) is 6.04 Å². The van der Waals surface area contributed by atoms with Crippen molar-refractivity contribution in [1.29, 1.82) is 0 Å². The molecule has 0 radical (unpaired) electrons. The molecule has 1 saturated heterocycles. The smallest absolute Gasteiger partial charge is 0.121 e. The number of aromatic nitrogens is 2. The summed E-state index contributed by atoms with van der Waals surface area (Å²) in [5.74, 6) is 0. The van der Waals surface area contributed by atoms with Gasteiger partial charge >= 0.3 is 0 Å². The molecule has 0 aromatic carbocycles. The molecule has 1 aromatic heterocycles. The molecule has 1 aliphatic heterocycles. The Morgan fingerprint density at radius 2 is 2.47 bits per heavy atom. The van der Waals surface area contributed by atoms with Gasteiger partial charge in [-0.3, -0.25) is 4.90 Å². The van der Waals surface area contributed by atoms with E-state index in [0.717, 1.165) is 18.7 Å². The molecule has 5 heteroatoms. The number of hydrogen-bond acceptors (Lipinski definition) is 4. The summed E-state index contributed by atoms with van der Waals surface area (Å²) in [6, 6.07) is 0.180. The van der Waals surface area contributed by atoms with Crippen LogP contribution in [0.2, 0.25) is 0 Å². The van der Waals surface area contributed by atoms with E-state index in [9.17, 15) is 4.39 Å². The molecule has 1 aromatic rings. The molecule has 0 spiro atoms. The lowest BCUT2D eigenvalue weighted by atomic mass is 9.95. The average Bonchev–Trinajstić information content (AvgIpc) is 2.67. The third-order valence-corrected chi connectivity index (χ3v) is 3.55. The van der Waals surface area contributed by atoms with E-state index in [2.05, 4.69) is 21.4 Å². The van der Waals surface area contributed by atoms with Gasteiger partial charge < -0.3 is 0 Å². The maximum Gasteiger partial charge on any atom is 0.121 e. The number of nitrogens with zero attached hydrogens (tertiary/aromatic N) is 3. The fraction of sp³-hybridized carbons (Fsp3) is 0.800. The third-order valence-electron chi connectivity index (χ3n) is 3.03. The van der Waals surface area contributed by atoms with Gasteiger partial charge in [-0.15, -0.1) is 5.10 Å². The van der Waals surface area contributed by atoms with Crippen molar-refractivity contribution in [2.24, 2.45) is 0 Å². The van der Waals surface area contributed by atoms with E-state index in [1.54, 1.807) is 6.92 Å².